The van der Waals surface area contributed by atoms with Crippen LogP contribution in [0.1, 0.15) is 37.3 Å². The number of piperazine rings is 2. The fourth-order valence-corrected chi connectivity index (χ4v) is 6.91. The zero-order valence-corrected chi connectivity index (χ0v) is 22.8. The molecule has 6 nitrogen and oxygen atoms in total. The molecule has 192 valence electrons. The number of rotatable bonds is 8. The number of hydrogen-bond donors (Lipinski definition) is 1. The summed E-state index contributed by atoms with van der Waals surface area (Å²) in [5, 5.41) is 4.28. The SMILES string of the molecule is CCCCCN1CCN(S(=O)(=O)c2ccc(Cl)cc2)CC1C1CN(c2cc(C)ccc2C)CCN1. The summed E-state index contributed by atoms with van der Waals surface area (Å²) >= 11 is 6.01. The van der Waals surface area contributed by atoms with Crippen molar-refractivity contribution in [3.05, 3.63) is 58.6 Å². The van der Waals surface area contributed by atoms with Crippen LogP contribution in [0.4, 0.5) is 5.69 Å². The highest BCUT2D eigenvalue weighted by atomic mass is 35.5. The van der Waals surface area contributed by atoms with Crippen LogP contribution in [0, 0.1) is 13.8 Å². The molecule has 8 heteroatoms. The van der Waals surface area contributed by atoms with Crippen molar-refractivity contribution in [1.82, 2.24) is 14.5 Å². The highest BCUT2D eigenvalue weighted by Crippen LogP contribution is 2.27. The van der Waals surface area contributed by atoms with Gasteiger partial charge in [0.05, 0.1) is 4.90 Å². The molecule has 1 N–H and O–H groups in total. The van der Waals surface area contributed by atoms with E-state index in [0.29, 0.717) is 23.0 Å². The topological polar surface area (TPSA) is 55.9 Å². The molecule has 2 aliphatic rings. The summed E-state index contributed by atoms with van der Waals surface area (Å²) in [4.78, 5) is 5.31. The van der Waals surface area contributed by atoms with E-state index >= 15 is 0 Å². The molecule has 2 saturated heterocycles. The Kier molecular flexibility index (Phi) is 8.76. The predicted octanol–water partition coefficient (Wildman–Crippen LogP) is 4.30. The van der Waals surface area contributed by atoms with Gasteiger partial charge in [0, 0.05) is 62.1 Å². The van der Waals surface area contributed by atoms with Crippen LogP contribution in [0.25, 0.3) is 0 Å². The van der Waals surface area contributed by atoms with Gasteiger partial charge < -0.3 is 10.2 Å². The fraction of sp³-hybridized carbons (Fsp3) is 0.556. The lowest BCUT2D eigenvalue weighted by Gasteiger charge is -2.47. The van der Waals surface area contributed by atoms with Gasteiger partial charge in [0.25, 0.3) is 0 Å². The van der Waals surface area contributed by atoms with Crippen LogP contribution in [0.2, 0.25) is 5.02 Å². The Labute approximate surface area is 216 Å². The van der Waals surface area contributed by atoms with E-state index in [-0.39, 0.29) is 12.1 Å². The van der Waals surface area contributed by atoms with Gasteiger partial charge in [-0.05, 0) is 68.3 Å². The summed E-state index contributed by atoms with van der Waals surface area (Å²) in [5.74, 6) is 0. The molecule has 4 rings (SSSR count). The number of hydrogen-bond acceptors (Lipinski definition) is 5. The molecule has 0 radical (unpaired) electrons. The molecule has 0 aliphatic carbocycles. The Bertz CT molecular complexity index is 1090. The van der Waals surface area contributed by atoms with Crippen molar-refractivity contribution in [2.45, 2.75) is 57.0 Å². The highest BCUT2D eigenvalue weighted by Gasteiger charge is 2.39. The molecular formula is C27H39ClN4O2S. The molecule has 35 heavy (non-hydrogen) atoms. The van der Waals surface area contributed by atoms with Gasteiger partial charge in [0.1, 0.15) is 0 Å². The Balaban J connectivity index is 1.56. The number of anilines is 1. The Morgan fingerprint density at radius 3 is 2.51 bits per heavy atom. The van der Waals surface area contributed by atoms with E-state index in [1.54, 1.807) is 28.6 Å². The third-order valence-electron chi connectivity index (χ3n) is 7.37. The number of benzene rings is 2. The van der Waals surface area contributed by atoms with Gasteiger partial charge in [-0.25, -0.2) is 8.42 Å². The van der Waals surface area contributed by atoms with Crippen LogP contribution in [0.5, 0.6) is 0 Å². The van der Waals surface area contributed by atoms with E-state index in [2.05, 4.69) is 54.1 Å². The van der Waals surface area contributed by atoms with Crippen molar-refractivity contribution in [2.24, 2.45) is 0 Å². The van der Waals surface area contributed by atoms with Gasteiger partial charge >= 0.3 is 0 Å². The molecule has 0 amide bonds. The Morgan fingerprint density at radius 1 is 1.00 bits per heavy atom. The van der Waals surface area contributed by atoms with Crippen molar-refractivity contribution >= 4 is 27.3 Å². The monoisotopic (exact) mass is 518 g/mol. The second-order valence-corrected chi connectivity index (χ2v) is 12.3. The van der Waals surface area contributed by atoms with Crippen molar-refractivity contribution in [1.29, 1.82) is 0 Å². The molecule has 2 aromatic rings. The average Bonchev–Trinajstić information content (AvgIpc) is 2.86. The Morgan fingerprint density at radius 2 is 1.77 bits per heavy atom. The molecule has 0 spiro atoms. The number of sulfonamides is 1. The quantitative estimate of drug-likeness (QED) is 0.528. The second kappa shape index (κ2) is 11.6. The minimum Gasteiger partial charge on any atom is -0.368 e. The Hall–Kier alpha value is -1.64. The lowest BCUT2D eigenvalue weighted by Crippen LogP contribution is -2.66. The molecule has 0 bridgehead atoms. The minimum atomic E-state index is -3.57. The summed E-state index contributed by atoms with van der Waals surface area (Å²) in [6.45, 7) is 12.0. The summed E-state index contributed by atoms with van der Waals surface area (Å²) in [6.07, 6.45) is 3.52. The average molecular weight is 519 g/mol. The predicted molar refractivity (Wildman–Crippen MR) is 145 cm³/mol. The van der Waals surface area contributed by atoms with E-state index < -0.39 is 10.0 Å². The molecule has 2 atom stereocenters. The summed E-state index contributed by atoms with van der Waals surface area (Å²) in [7, 11) is -3.57. The van der Waals surface area contributed by atoms with Crippen LogP contribution >= 0.6 is 11.6 Å². The number of nitrogens with one attached hydrogen (secondary N) is 1. The third-order valence-corrected chi connectivity index (χ3v) is 9.50. The zero-order chi connectivity index (χ0) is 25.0. The smallest absolute Gasteiger partial charge is 0.243 e. The number of halogens is 1. The van der Waals surface area contributed by atoms with Gasteiger partial charge in [-0.2, -0.15) is 4.31 Å². The first-order valence-corrected chi connectivity index (χ1v) is 14.7. The third kappa shape index (κ3) is 6.20. The van der Waals surface area contributed by atoms with Crippen LogP contribution in [-0.4, -0.2) is 75.5 Å². The molecule has 0 saturated carbocycles. The summed E-state index contributed by atoms with van der Waals surface area (Å²) in [6, 6.07) is 13.5. The zero-order valence-electron chi connectivity index (χ0n) is 21.2. The lowest BCUT2D eigenvalue weighted by atomic mass is 9.99. The standard InChI is InChI=1S/C27H39ClN4O2S/c1-4-5-6-14-30-16-17-32(35(33,34)24-11-9-23(28)10-12-24)20-27(30)25-19-31(15-13-29-25)26-18-21(2)7-8-22(26)3/h7-12,18,25,27,29H,4-6,13-17,19-20H2,1-3H3. The van der Waals surface area contributed by atoms with Gasteiger partial charge in [-0.1, -0.05) is 43.5 Å². The maximum Gasteiger partial charge on any atom is 0.243 e. The number of unbranched alkanes of at least 4 members (excludes halogenated alkanes) is 2. The van der Waals surface area contributed by atoms with Gasteiger partial charge in [0.15, 0.2) is 0 Å². The van der Waals surface area contributed by atoms with Crippen molar-refractivity contribution in [3.8, 4) is 0 Å². The molecule has 2 unspecified atom stereocenters. The van der Waals surface area contributed by atoms with Gasteiger partial charge in [0.2, 0.25) is 10.0 Å². The number of nitrogens with zero attached hydrogens (tertiary/aromatic N) is 3. The molecule has 2 aromatic carbocycles. The van der Waals surface area contributed by atoms with Gasteiger partial charge in [-0.15, -0.1) is 0 Å². The minimum absolute atomic E-state index is 0.121. The number of aryl methyl sites for hydroxylation is 2. The first-order valence-electron chi connectivity index (χ1n) is 12.8. The van der Waals surface area contributed by atoms with Crippen molar-refractivity contribution in [3.63, 3.8) is 0 Å². The van der Waals surface area contributed by atoms with Crippen LogP contribution < -0.4 is 10.2 Å². The van der Waals surface area contributed by atoms with Crippen molar-refractivity contribution < 1.29 is 8.42 Å². The maximum atomic E-state index is 13.5. The molecule has 0 aromatic heterocycles. The normalized spacial score (nSPS) is 22.5. The first kappa shape index (κ1) is 26.4. The molecule has 2 heterocycles. The molecule has 2 fully saturated rings. The van der Waals surface area contributed by atoms with E-state index in [9.17, 15) is 8.42 Å². The highest BCUT2D eigenvalue weighted by molar-refractivity contribution is 7.89. The van der Waals surface area contributed by atoms with Crippen molar-refractivity contribution in [2.75, 3.05) is 50.7 Å². The maximum absolute atomic E-state index is 13.5. The molecule has 2 aliphatic heterocycles. The van der Waals surface area contributed by atoms with Gasteiger partial charge in [-0.3, -0.25) is 4.90 Å². The lowest BCUT2D eigenvalue weighted by molar-refractivity contribution is 0.0860. The first-order chi connectivity index (χ1) is 16.8. The van der Waals surface area contributed by atoms with E-state index in [1.165, 1.54) is 29.7 Å². The summed E-state index contributed by atoms with van der Waals surface area (Å²) in [5.41, 5.74) is 3.84. The summed E-state index contributed by atoms with van der Waals surface area (Å²) < 4.78 is 28.7. The largest absolute Gasteiger partial charge is 0.368 e. The fourth-order valence-electron chi connectivity index (χ4n) is 5.33. The van der Waals surface area contributed by atoms with Crippen LogP contribution in [-0.2, 0) is 10.0 Å². The van der Waals surface area contributed by atoms with Crippen LogP contribution in [0.3, 0.4) is 0 Å². The van der Waals surface area contributed by atoms with E-state index in [0.717, 1.165) is 39.1 Å². The molecular weight excluding hydrogens is 480 g/mol. The van der Waals surface area contributed by atoms with Crippen LogP contribution in [0.15, 0.2) is 47.4 Å². The second-order valence-electron chi connectivity index (χ2n) is 9.92. The van der Waals surface area contributed by atoms with E-state index in [1.807, 2.05) is 0 Å². The van der Waals surface area contributed by atoms with E-state index in [4.69, 9.17) is 11.6 Å².